The van der Waals surface area contributed by atoms with Crippen LogP contribution in [-0.2, 0) is 14.2 Å². The highest BCUT2D eigenvalue weighted by Crippen LogP contribution is 2.24. The molecule has 31 heavy (non-hydrogen) atoms. The summed E-state index contributed by atoms with van der Waals surface area (Å²) in [6, 6.07) is 4.20. The van der Waals surface area contributed by atoms with Gasteiger partial charge in [-0.25, -0.2) is 0 Å². The number of morpholine rings is 1. The van der Waals surface area contributed by atoms with E-state index in [0.717, 1.165) is 89.3 Å². The Hall–Kier alpha value is -0.880. The Kier molecular flexibility index (Phi) is 12.8. The van der Waals surface area contributed by atoms with Gasteiger partial charge in [0.25, 0.3) is 0 Å². The van der Waals surface area contributed by atoms with Gasteiger partial charge in [0.2, 0.25) is 0 Å². The van der Waals surface area contributed by atoms with E-state index in [9.17, 15) is 0 Å². The number of halogens is 1. The topological polar surface area (TPSA) is 80.5 Å². The second-order valence-electron chi connectivity index (χ2n) is 7.82. The maximum Gasteiger partial charge on any atom is 0.191 e. The summed E-state index contributed by atoms with van der Waals surface area (Å²) in [6.45, 7) is 12.0. The molecule has 2 atom stereocenters. The highest BCUT2D eigenvalue weighted by Gasteiger charge is 2.25. The van der Waals surface area contributed by atoms with Crippen molar-refractivity contribution in [3.8, 4) is 0 Å². The Balaban J connectivity index is 0.00000341. The lowest BCUT2D eigenvalue weighted by Gasteiger charge is -2.32. The molecule has 9 heteroatoms. The van der Waals surface area contributed by atoms with Crippen molar-refractivity contribution in [2.24, 2.45) is 4.99 Å². The van der Waals surface area contributed by atoms with Crippen LogP contribution in [0.25, 0.3) is 0 Å². The molecular formula is C22H39IN4O4. The third-order valence-electron chi connectivity index (χ3n) is 5.43. The lowest BCUT2D eigenvalue weighted by atomic mass is 10.1. The molecule has 8 nitrogen and oxygen atoms in total. The summed E-state index contributed by atoms with van der Waals surface area (Å²) in [4.78, 5) is 7.24. The molecule has 2 fully saturated rings. The predicted octanol–water partition coefficient (Wildman–Crippen LogP) is 2.72. The third kappa shape index (κ3) is 9.25. The van der Waals surface area contributed by atoms with E-state index in [1.165, 1.54) is 0 Å². The Bertz CT molecular complexity index is 631. The van der Waals surface area contributed by atoms with E-state index in [1.807, 2.05) is 13.0 Å². The molecule has 0 amide bonds. The van der Waals surface area contributed by atoms with Crippen molar-refractivity contribution in [3.05, 3.63) is 23.7 Å². The molecule has 2 saturated heterocycles. The number of ether oxygens (including phenoxy) is 3. The maximum absolute atomic E-state index is 5.94. The molecular weight excluding hydrogens is 511 g/mol. The first-order valence-electron chi connectivity index (χ1n) is 11.4. The number of hydrogen-bond acceptors (Lipinski definition) is 6. The van der Waals surface area contributed by atoms with Crippen LogP contribution in [0.3, 0.4) is 0 Å². The molecule has 0 radical (unpaired) electrons. The number of aryl methyl sites for hydroxylation is 1. The van der Waals surface area contributed by atoms with Gasteiger partial charge in [-0.15, -0.1) is 24.0 Å². The minimum absolute atomic E-state index is 0. The van der Waals surface area contributed by atoms with Crippen molar-refractivity contribution >= 4 is 29.9 Å². The van der Waals surface area contributed by atoms with Crippen molar-refractivity contribution in [2.45, 2.75) is 45.3 Å². The summed E-state index contributed by atoms with van der Waals surface area (Å²) in [6.07, 6.45) is 3.50. The van der Waals surface area contributed by atoms with Gasteiger partial charge in [-0.3, -0.25) is 9.89 Å². The Morgan fingerprint density at radius 3 is 2.77 bits per heavy atom. The quantitative estimate of drug-likeness (QED) is 0.190. The molecule has 0 spiro atoms. The van der Waals surface area contributed by atoms with Crippen LogP contribution in [0.5, 0.6) is 0 Å². The predicted molar refractivity (Wildman–Crippen MR) is 132 cm³/mol. The second kappa shape index (κ2) is 15.0. The van der Waals surface area contributed by atoms with Crippen molar-refractivity contribution in [1.29, 1.82) is 0 Å². The SMILES string of the molecule is CCNC(=NCC(c1ccc(C)o1)N1CCOCC1)NCCCOCC1CCCO1.I. The first kappa shape index (κ1) is 26.4. The van der Waals surface area contributed by atoms with E-state index >= 15 is 0 Å². The molecule has 0 bridgehead atoms. The van der Waals surface area contributed by atoms with E-state index in [4.69, 9.17) is 23.6 Å². The van der Waals surface area contributed by atoms with Gasteiger partial charge >= 0.3 is 0 Å². The molecule has 2 aliphatic heterocycles. The second-order valence-corrected chi connectivity index (χ2v) is 7.82. The first-order valence-corrected chi connectivity index (χ1v) is 11.4. The van der Waals surface area contributed by atoms with E-state index in [2.05, 4.69) is 28.5 Å². The third-order valence-corrected chi connectivity index (χ3v) is 5.43. The van der Waals surface area contributed by atoms with Crippen LogP contribution in [0.2, 0.25) is 0 Å². The van der Waals surface area contributed by atoms with Crippen LogP contribution in [0.4, 0.5) is 0 Å². The van der Waals surface area contributed by atoms with Crippen LogP contribution in [0.15, 0.2) is 21.5 Å². The van der Waals surface area contributed by atoms with Gasteiger partial charge in [0, 0.05) is 39.4 Å². The summed E-state index contributed by atoms with van der Waals surface area (Å²) in [7, 11) is 0. The molecule has 2 aliphatic rings. The standard InChI is InChI=1S/C22H38N4O4.HI/c1-3-23-22(24-9-5-12-28-17-19-6-4-13-29-19)25-16-20(21-8-7-18(2)30-21)26-10-14-27-15-11-26;/h7-8,19-20H,3-6,9-17H2,1-2H3,(H2,23,24,25);1H. The van der Waals surface area contributed by atoms with Gasteiger partial charge in [-0.05, 0) is 45.2 Å². The molecule has 3 rings (SSSR count). The normalized spacial score (nSPS) is 21.0. The summed E-state index contributed by atoms with van der Waals surface area (Å²) in [5.41, 5.74) is 0. The summed E-state index contributed by atoms with van der Waals surface area (Å²) < 4.78 is 22.8. The van der Waals surface area contributed by atoms with E-state index in [1.54, 1.807) is 0 Å². The lowest BCUT2D eigenvalue weighted by molar-refractivity contribution is 0.0135. The van der Waals surface area contributed by atoms with Crippen molar-refractivity contribution < 1.29 is 18.6 Å². The number of hydrogen-bond donors (Lipinski definition) is 2. The van der Waals surface area contributed by atoms with Crippen molar-refractivity contribution in [1.82, 2.24) is 15.5 Å². The van der Waals surface area contributed by atoms with Gasteiger partial charge in [-0.2, -0.15) is 0 Å². The zero-order valence-electron chi connectivity index (χ0n) is 18.9. The fourth-order valence-electron chi connectivity index (χ4n) is 3.80. The number of furan rings is 1. The van der Waals surface area contributed by atoms with Crippen LogP contribution in [0.1, 0.15) is 43.7 Å². The molecule has 0 aliphatic carbocycles. The summed E-state index contributed by atoms with van der Waals surface area (Å²) in [5.74, 6) is 2.73. The first-order chi connectivity index (χ1) is 14.8. The van der Waals surface area contributed by atoms with Crippen LogP contribution in [0, 0.1) is 6.92 Å². The largest absolute Gasteiger partial charge is 0.465 e. The molecule has 1 aromatic heterocycles. The number of guanidine groups is 1. The van der Waals surface area contributed by atoms with Gasteiger partial charge in [-0.1, -0.05) is 0 Å². The average molecular weight is 550 g/mol. The highest BCUT2D eigenvalue weighted by molar-refractivity contribution is 14.0. The van der Waals surface area contributed by atoms with Crippen LogP contribution < -0.4 is 10.6 Å². The Morgan fingerprint density at radius 1 is 1.26 bits per heavy atom. The van der Waals surface area contributed by atoms with E-state index in [0.29, 0.717) is 19.3 Å². The number of nitrogens with one attached hydrogen (secondary N) is 2. The lowest BCUT2D eigenvalue weighted by Crippen LogP contribution is -2.42. The Morgan fingerprint density at radius 2 is 2.10 bits per heavy atom. The number of rotatable bonds is 11. The van der Waals surface area contributed by atoms with Gasteiger partial charge in [0.15, 0.2) is 5.96 Å². The van der Waals surface area contributed by atoms with Crippen molar-refractivity contribution in [2.75, 3.05) is 65.8 Å². The summed E-state index contributed by atoms with van der Waals surface area (Å²) >= 11 is 0. The van der Waals surface area contributed by atoms with Crippen LogP contribution in [-0.4, -0.2) is 82.7 Å². The number of aliphatic imine (C=N–C) groups is 1. The zero-order chi connectivity index (χ0) is 21.0. The maximum atomic E-state index is 5.94. The molecule has 3 heterocycles. The smallest absolute Gasteiger partial charge is 0.191 e. The fraction of sp³-hybridized carbons (Fsp3) is 0.773. The minimum Gasteiger partial charge on any atom is -0.465 e. The van der Waals surface area contributed by atoms with Crippen LogP contribution >= 0.6 is 24.0 Å². The Labute approximate surface area is 203 Å². The van der Waals surface area contributed by atoms with Gasteiger partial charge in [0.05, 0.1) is 38.5 Å². The van der Waals surface area contributed by atoms with Gasteiger partial charge in [0.1, 0.15) is 11.5 Å². The van der Waals surface area contributed by atoms with Gasteiger partial charge < -0.3 is 29.3 Å². The van der Waals surface area contributed by atoms with E-state index in [-0.39, 0.29) is 30.0 Å². The number of nitrogens with zero attached hydrogens (tertiary/aromatic N) is 2. The van der Waals surface area contributed by atoms with Crippen molar-refractivity contribution in [3.63, 3.8) is 0 Å². The minimum atomic E-state index is 0. The summed E-state index contributed by atoms with van der Waals surface area (Å²) in [5, 5.41) is 6.76. The highest BCUT2D eigenvalue weighted by atomic mass is 127. The molecule has 2 N–H and O–H groups in total. The monoisotopic (exact) mass is 550 g/mol. The zero-order valence-corrected chi connectivity index (χ0v) is 21.3. The molecule has 1 aromatic rings. The average Bonchev–Trinajstić information content (AvgIpc) is 3.43. The molecule has 0 saturated carbocycles. The molecule has 0 aromatic carbocycles. The molecule has 2 unspecified atom stereocenters. The fourth-order valence-corrected chi connectivity index (χ4v) is 3.80. The molecule has 178 valence electrons. The van der Waals surface area contributed by atoms with E-state index < -0.39 is 0 Å².